The molecule has 17 heavy (non-hydrogen) atoms. The number of nitrogens with two attached hydrogens (primary N) is 1. The summed E-state index contributed by atoms with van der Waals surface area (Å²) in [6.45, 7) is 7.44. The number of unbranched alkanes of at least 4 members (excludes halogenated alkanes) is 1. The van der Waals surface area contributed by atoms with Crippen LogP contribution in [0.15, 0.2) is 30.9 Å². The summed E-state index contributed by atoms with van der Waals surface area (Å²) >= 11 is 0. The monoisotopic (exact) mass is 235 g/mol. The van der Waals surface area contributed by atoms with Crippen LogP contribution in [-0.2, 0) is 6.54 Å². The van der Waals surface area contributed by atoms with Crippen LogP contribution in [0.3, 0.4) is 0 Å². The Morgan fingerprint density at radius 3 is 2.76 bits per heavy atom. The molecule has 0 aromatic heterocycles. The Balaban J connectivity index is 2.65. The summed E-state index contributed by atoms with van der Waals surface area (Å²) in [6, 6.07) is 5.82. The standard InChI is InChI=1S/C14H21NO2/c1-3-5-6-9-17-13-8-7-12(11-15)10-14(13)16-4-2/h3,7-8,10H,1,4-6,9,11,15H2,2H3. The average molecular weight is 235 g/mol. The van der Waals surface area contributed by atoms with E-state index in [0.29, 0.717) is 19.8 Å². The van der Waals surface area contributed by atoms with Crippen molar-refractivity contribution in [3.63, 3.8) is 0 Å². The molecule has 0 fully saturated rings. The molecule has 0 saturated heterocycles. The van der Waals surface area contributed by atoms with Crippen LogP contribution in [0.25, 0.3) is 0 Å². The molecule has 0 amide bonds. The van der Waals surface area contributed by atoms with Gasteiger partial charge in [-0.15, -0.1) is 6.58 Å². The zero-order chi connectivity index (χ0) is 12.5. The second-order valence-electron chi connectivity index (χ2n) is 3.70. The maximum Gasteiger partial charge on any atom is 0.161 e. The van der Waals surface area contributed by atoms with E-state index in [4.69, 9.17) is 15.2 Å². The Hall–Kier alpha value is -1.48. The topological polar surface area (TPSA) is 44.5 Å². The zero-order valence-electron chi connectivity index (χ0n) is 10.4. The highest BCUT2D eigenvalue weighted by Gasteiger charge is 2.05. The molecule has 0 aliphatic rings. The van der Waals surface area contributed by atoms with Crippen molar-refractivity contribution in [2.75, 3.05) is 13.2 Å². The summed E-state index contributed by atoms with van der Waals surface area (Å²) < 4.78 is 11.2. The van der Waals surface area contributed by atoms with E-state index in [-0.39, 0.29) is 0 Å². The molecule has 2 N–H and O–H groups in total. The van der Waals surface area contributed by atoms with Gasteiger partial charge in [-0.3, -0.25) is 0 Å². The first-order valence-electron chi connectivity index (χ1n) is 6.01. The second kappa shape index (κ2) is 7.74. The van der Waals surface area contributed by atoms with Gasteiger partial charge in [0.1, 0.15) is 0 Å². The lowest BCUT2D eigenvalue weighted by atomic mass is 10.2. The molecule has 0 aliphatic heterocycles. The third-order valence-electron chi connectivity index (χ3n) is 2.35. The van der Waals surface area contributed by atoms with Gasteiger partial charge in [-0.05, 0) is 37.5 Å². The third kappa shape index (κ3) is 4.49. The quantitative estimate of drug-likeness (QED) is 0.556. The number of ether oxygens (including phenoxy) is 2. The predicted molar refractivity (Wildman–Crippen MR) is 70.4 cm³/mol. The van der Waals surface area contributed by atoms with E-state index >= 15 is 0 Å². The molecule has 3 nitrogen and oxygen atoms in total. The van der Waals surface area contributed by atoms with Gasteiger partial charge in [-0.25, -0.2) is 0 Å². The highest BCUT2D eigenvalue weighted by molar-refractivity contribution is 5.43. The first kappa shape index (κ1) is 13.6. The highest BCUT2D eigenvalue weighted by Crippen LogP contribution is 2.28. The van der Waals surface area contributed by atoms with Crippen molar-refractivity contribution in [3.8, 4) is 11.5 Å². The average Bonchev–Trinajstić information content (AvgIpc) is 2.36. The Labute approximate surface area is 103 Å². The van der Waals surface area contributed by atoms with Gasteiger partial charge in [0.25, 0.3) is 0 Å². The molecule has 1 aromatic carbocycles. The molecule has 0 saturated carbocycles. The smallest absolute Gasteiger partial charge is 0.161 e. The lowest BCUT2D eigenvalue weighted by Crippen LogP contribution is -2.03. The number of allylic oxidation sites excluding steroid dienone is 1. The molecule has 1 aromatic rings. The largest absolute Gasteiger partial charge is 0.490 e. The normalized spacial score (nSPS) is 10.0. The molecule has 94 valence electrons. The van der Waals surface area contributed by atoms with Crippen molar-refractivity contribution in [1.29, 1.82) is 0 Å². The molecule has 0 atom stereocenters. The highest BCUT2D eigenvalue weighted by atomic mass is 16.5. The molecule has 0 spiro atoms. The van der Waals surface area contributed by atoms with Crippen molar-refractivity contribution in [3.05, 3.63) is 36.4 Å². The summed E-state index contributed by atoms with van der Waals surface area (Å²) in [5.74, 6) is 1.56. The molecular weight excluding hydrogens is 214 g/mol. The second-order valence-corrected chi connectivity index (χ2v) is 3.70. The lowest BCUT2D eigenvalue weighted by Gasteiger charge is -2.12. The fourth-order valence-electron chi connectivity index (χ4n) is 1.48. The van der Waals surface area contributed by atoms with Crippen LogP contribution >= 0.6 is 0 Å². The number of hydrogen-bond donors (Lipinski definition) is 1. The minimum Gasteiger partial charge on any atom is -0.490 e. The van der Waals surface area contributed by atoms with E-state index in [1.54, 1.807) is 0 Å². The van der Waals surface area contributed by atoms with Gasteiger partial charge in [-0.2, -0.15) is 0 Å². The van der Waals surface area contributed by atoms with Crippen LogP contribution in [0.5, 0.6) is 11.5 Å². The van der Waals surface area contributed by atoms with Crippen molar-refractivity contribution in [2.24, 2.45) is 5.73 Å². The van der Waals surface area contributed by atoms with Crippen molar-refractivity contribution >= 4 is 0 Å². The Bertz CT molecular complexity index is 350. The first-order chi connectivity index (χ1) is 8.31. The summed E-state index contributed by atoms with van der Waals surface area (Å²) in [5.41, 5.74) is 6.65. The minimum atomic E-state index is 0.511. The molecule has 0 aliphatic carbocycles. The van der Waals surface area contributed by atoms with Crippen LogP contribution < -0.4 is 15.2 Å². The molecule has 1 rings (SSSR count). The fourth-order valence-corrected chi connectivity index (χ4v) is 1.48. The van der Waals surface area contributed by atoms with E-state index in [1.807, 2.05) is 31.2 Å². The van der Waals surface area contributed by atoms with E-state index in [1.165, 1.54) is 0 Å². The number of benzene rings is 1. The third-order valence-corrected chi connectivity index (χ3v) is 2.35. The van der Waals surface area contributed by atoms with Gasteiger partial charge in [0.2, 0.25) is 0 Å². The van der Waals surface area contributed by atoms with Crippen molar-refractivity contribution in [2.45, 2.75) is 26.3 Å². The Morgan fingerprint density at radius 1 is 1.29 bits per heavy atom. The van der Waals surface area contributed by atoms with Crippen LogP contribution in [0.2, 0.25) is 0 Å². The first-order valence-corrected chi connectivity index (χ1v) is 6.01. The van der Waals surface area contributed by atoms with E-state index < -0.39 is 0 Å². The lowest BCUT2D eigenvalue weighted by molar-refractivity contribution is 0.274. The summed E-state index contributed by atoms with van der Waals surface area (Å²) in [7, 11) is 0. The van der Waals surface area contributed by atoms with Crippen molar-refractivity contribution < 1.29 is 9.47 Å². The Morgan fingerprint density at radius 2 is 2.12 bits per heavy atom. The molecule has 0 unspecified atom stereocenters. The minimum absolute atomic E-state index is 0.511. The van der Waals surface area contributed by atoms with Gasteiger partial charge in [0.05, 0.1) is 13.2 Å². The van der Waals surface area contributed by atoms with E-state index in [2.05, 4.69) is 6.58 Å². The molecule has 0 heterocycles. The maximum atomic E-state index is 5.68. The molecule has 3 heteroatoms. The van der Waals surface area contributed by atoms with Crippen LogP contribution in [0, 0.1) is 0 Å². The van der Waals surface area contributed by atoms with Gasteiger partial charge in [0, 0.05) is 6.54 Å². The maximum absolute atomic E-state index is 5.68. The molecule has 0 bridgehead atoms. The predicted octanol–water partition coefficient (Wildman–Crippen LogP) is 2.89. The summed E-state index contributed by atoms with van der Waals surface area (Å²) in [5, 5.41) is 0. The van der Waals surface area contributed by atoms with Gasteiger partial charge >= 0.3 is 0 Å². The van der Waals surface area contributed by atoms with Crippen LogP contribution in [0.1, 0.15) is 25.3 Å². The molecular formula is C14H21NO2. The molecule has 0 radical (unpaired) electrons. The summed E-state index contributed by atoms with van der Waals surface area (Å²) in [4.78, 5) is 0. The summed E-state index contributed by atoms with van der Waals surface area (Å²) in [6.07, 6.45) is 3.82. The van der Waals surface area contributed by atoms with E-state index in [0.717, 1.165) is 29.9 Å². The van der Waals surface area contributed by atoms with Crippen LogP contribution in [-0.4, -0.2) is 13.2 Å². The SMILES string of the molecule is C=CCCCOc1ccc(CN)cc1OCC. The van der Waals surface area contributed by atoms with Crippen molar-refractivity contribution in [1.82, 2.24) is 0 Å². The number of hydrogen-bond acceptors (Lipinski definition) is 3. The fraction of sp³-hybridized carbons (Fsp3) is 0.429. The Kier molecular flexibility index (Phi) is 6.18. The van der Waals surface area contributed by atoms with Gasteiger partial charge in [-0.1, -0.05) is 12.1 Å². The van der Waals surface area contributed by atoms with E-state index in [9.17, 15) is 0 Å². The zero-order valence-corrected chi connectivity index (χ0v) is 10.4. The van der Waals surface area contributed by atoms with Gasteiger partial charge in [0.15, 0.2) is 11.5 Å². The van der Waals surface area contributed by atoms with Crippen LogP contribution in [0.4, 0.5) is 0 Å². The number of rotatable bonds is 8. The van der Waals surface area contributed by atoms with Gasteiger partial charge < -0.3 is 15.2 Å².